The number of allylic oxidation sites excluding steroid dienone is 4. The van der Waals surface area contributed by atoms with Crippen molar-refractivity contribution in [2.75, 3.05) is 7.11 Å². The van der Waals surface area contributed by atoms with Gasteiger partial charge in [-0.05, 0) is 24.1 Å². The summed E-state index contributed by atoms with van der Waals surface area (Å²) in [6, 6.07) is 9.46. The van der Waals surface area contributed by atoms with Gasteiger partial charge in [-0.2, -0.15) is 0 Å². The molecule has 1 aliphatic rings. The van der Waals surface area contributed by atoms with E-state index in [9.17, 15) is 14.7 Å². The van der Waals surface area contributed by atoms with E-state index in [1.165, 1.54) is 19.3 Å². The molecule has 0 unspecified atom stereocenters. The van der Waals surface area contributed by atoms with Crippen LogP contribution >= 0.6 is 0 Å². The second-order valence-electron chi connectivity index (χ2n) is 5.02. The van der Waals surface area contributed by atoms with Gasteiger partial charge in [0.15, 0.2) is 5.78 Å². The third-order valence-corrected chi connectivity index (χ3v) is 3.51. The Morgan fingerprint density at radius 1 is 1.36 bits per heavy atom. The SMILES string of the molecule is COC(=O)C[C@H]1CC=CC(=O)C1=C(O)C=Cc1ccccc1. The van der Waals surface area contributed by atoms with Crippen molar-refractivity contribution in [1.82, 2.24) is 0 Å². The number of benzene rings is 1. The lowest BCUT2D eigenvalue weighted by atomic mass is 9.84. The average Bonchev–Trinajstić information content (AvgIpc) is 2.53. The number of ether oxygens (including phenoxy) is 1. The molecule has 0 aromatic heterocycles. The fraction of sp³-hybridized carbons (Fsp3) is 0.222. The number of aliphatic hydroxyl groups excluding tert-OH is 1. The van der Waals surface area contributed by atoms with E-state index in [1.807, 2.05) is 30.3 Å². The summed E-state index contributed by atoms with van der Waals surface area (Å²) in [5.74, 6) is -1.13. The molecular formula is C18H18O4. The van der Waals surface area contributed by atoms with Gasteiger partial charge in [0.25, 0.3) is 0 Å². The number of ketones is 1. The molecule has 4 heteroatoms. The summed E-state index contributed by atoms with van der Waals surface area (Å²) in [6.45, 7) is 0. The first-order valence-electron chi connectivity index (χ1n) is 7.05. The number of carbonyl (C=O) groups excluding carboxylic acids is 2. The zero-order valence-electron chi connectivity index (χ0n) is 12.4. The number of hydrogen-bond donors (Lipinski definition) is 1. The third kappa shape index (κ3) is 3.95. The van der Waals surface area contributed by atoms with Gasteiger partial charge in [-0.3, -0.25) is 9.59 Å². The predicted molar refractivity (Wildman–Crippen MR) is 84.0 cm³/mol. The van der Waals surface area contributed by atoms with Crippen LogP contribution in [0, 0.1) is 5.92 Å². The van der Waals surface area contributed by atoms with Crippen LogP contribution in [0.4, 0.5) is 0 Å². The molecule has 0 heterocycles. The largest absolute Gasteiger partial charge is 0.508 e. The first-order chi connectivity index (χ1) is 10.6. The molecule has 1 aromatic rings. The van der Waals surface area contributed by atoms with Crippen molar-refractivity contribution in [3.63, 3.8) is 0 Å². The summed E-state index contributed by atoms with van der Waals surface area (Å²) in [6.07, 6.45) is 6.96. The van der Waals surface area contributed by atoms with Crippen molar-refractivity contribution in [3.8, 4) is 0 Å². The van der Waals surface area contributed by atoms with E-state index in [1.54, 1.807) is 12.2 Å². The first-order valence-corrected chi connectivity index (χ1v) is 7.05. The normalized spacial score (nSPS) is 20.2. The lowest BCUT2D eigenvalue weighted by molar-refractivity contribution is -0.141. The number of hydrogen-bond acceptors (Lipinski definition) is 4. The molecule has 0 bridgehead atoms. The minimum absolute atomic E-state index is 0.0746. The zero-order valence-corrected chi connectivity index (χ0v) is 12.4. The molecule has 1 N–H and O–H groups in total. The molecule has 0 fully saturated rings. The van der Waals surface area contributed by atoms with Crippen LogP contribution in [-0.4, -0.2) is 24.0 Å². The molecule has 0 amide bonds. The van der Waals surface area contributed by atoms with Crippen LogP contribution in [0.5, 0.6) is 0 Å². The smallest absolute Gasteiger partial charge is 0.306 e. The Morgan fingerprint density at radius 2 is 2.09 bits per heavy atom. The molecule has 0 aliphatic heterocycles. The highest BCUT2D eigenvalue weighted by molar-refractivity contribution is 6.06. The molecule has 0 saturated heterocycles. The van der Waals surface area contributed by atoms with Crippen molar-refractivity contribution < 1.29 is 19.4 Å². The van der Waals surface area contributed by atoms with Gasteiger partial charge in [0.2, 0.25) is 0 Å². The summed E-state index contributed by atoms with van der Waals surface area (Å²) < 4.78 is 4.65. The molecule has 0 radical (unpaired) electrons. The highest BCUT2D eigenvalue weighted by atomic mass is 16.5. The van der Waals surface area contributed by atoms with Crippen LogP contribution in [-0.2, 0) is 14.3 Å². The second kappa shape index (κ2) is 7.41. The van der Waals surface area contributed by atoms with Crippen LogP contribution < -0.4 is 0 Å². The van der Waals surface area contributed by atoms with Gasteiger partial charge in [-0.1, -0.05) is 42.5 Å². The molecule has 4 nitrogen and oxygen atoms in total. The van der Waals surface area contributed by atoms with E-state index in [2.05, 4.69) is 4.74 Å². The minimum Gasteiger partial charge on any atom is -0.508 e. The Morgan fingerprint density at radius 3 is 2.77 bits per heavy atom. The second-order valence-corrected chi connectivity index (χ2v) is 5.02. The minimum atomic E-state index is -0.398. The Hall–Kier alpha value is -2.62. The molecule has 22 heavy (non-hydrogen) atoms. The molecule has 1 aromatic carbocycles. The highest BCUT2D eigenvalue weighted by Gasteiger charge is 2.27. The maximum absolute atomic E-state index is 12.0. The summed E-state index contributed by atoms with van der Waals surface area (Å²) in [5, 5.41) is 10.2. The first kappa shape index (κ1) is 15.8. The van der Waals surface area contributed by atoms with Crippen LogP contribution in [0.1, 0.15) is 18.4 Å². The summed E-state index contributed by atoms with van der Waals surface area (Å²) in [4.78, 5) is 23.5. The van der Waals surface area contributed by atoms with E-state index in [0.29, 0.717) is 6.42 Å². The third-order valence-electron chi connectivity index (χ3n) is 3.51. The molecule has 2 rings (SSSR count). The van der Waals surface area contributed by atoms with Crippen LogP contribution in [0.3, 0.4) is 0 Å². The Labute approximate surface area is 129 Å². The maximum Gasteiger partial charge on any atom is 0.306 e. The lowest BCUT2D eigenvalue weighted by Gasteiger charge is -2.20. The van der Waals surface area contributed by atoms with Crippen molar-refractivity contribution in [1.29, 1.82) is 0 Å². The molecule has 114 valence electrons. The summed E-state index contributed by atoms with van der Waals surface area (Å²) in [5.41, 5.74) is 1.18. The van der Waals surface area contributed by atoms with E-state index in [-0.39, 0.29) is 29.5 Å². The number of carbonyl (C=O) groups is 2. The van der Waals surface area contributed by atoms with Gasteiger partial charge in [0.1, 0.15) is 5.76 Å². The van der Waals surface area contributed by atoms with E-state index in [0.717, 1.165) is 5.56 Å². The van der Waals surface area contributed by atoms with E-state index >= 15 is 0 Å². The maximum atomic E-state index is 12.0. The standard InChI is InChI=1S/C18H18O4/c1-22-17(21)12-14-8-5-9-15(19)18(14)16(20)11-10-13-6-3-2-4-7-13/h2-7,9-11,14,20H,8,12H2,1H3/t14-/m1/s1. The van der Waals surface area contributed by atoms with Crippen LogP contribution in [0.25, 0.3) is 6.08 Å². The van der Waals surface area contributed by atoms with Crippen molar-refractivity contribution in [3.05, 3.63) is 65.5 Å². The highest BCUT2D eigenvalue weighted by Crippen LogP contribution is 2.28. The fourth-order valence-electron chi connectivity index (χ4n) is 2.38. The van der Waals surface area contributed by atoms with Crippen molar-refractivity contribution in [2.24, 2.45) is 5.92 Å². The average molecular weight is 298 g/mol. The number of aliphatic hydroxyl groups is 1. The van der Waals surface area contributed by atoms with Gasteiger partial charge in [-0.25, -0.2) is 0 Å². The van der Waals surface area contributed by atoms with Gasteiger partial charge in [-0.15, -0.1) is 0 Å². The fourth-order valence-corrected chi connectivity index (χ4v) is 2.38. The van der Waals surface area contributed by atoms with Gasteiger partial charge in [0.05, 0.1) is 13.5 Å². The Kier molecular flexibility index (Phi) is 5.31. The zero-order chi connectivity index (χ0) is 15.9. The van der Waals surface area contributed by atoms with Crippen molar-refractivity contribution >= 4 is 17.8 Å². The molecule has 0 saturated carbocycles. The quantitative estimate of drug-likeness (QED) is 0.526. The number of rotatable bonds is 4. The molecule has 1 aliphatic carbocycles. The van der Waals surface area contributed by atoms with Gasteiger partial charge in [0, 0.05) is 11.5 Å². The van der Waals surface area contributed by atoms with Gasteiger partial charge >= 0.3 is 5.97 Å². The molecule has 1 atom stereocenters. The monoisotopic (exact) mass is 298 g/mol. The topological polar surface area (TPSA) is 63.6 Å². The van der Waals surface area contributed by atoms with E-state index < -0.39 is 5.97 Å². The Bertz CT molecular complexity index is 638. The van der Waals surface area contributed by atoms with Gasteiger partial charge < -0.3 is 9.84 Å². The van der Waals surface area contributed by atoms with Crippen LogP contribution in [0.15, 0.2) is 59.9 Å². The molecular weight excluding hydrogens is 280 g/mol. The van der Waals surface area contributed by atoms with Crippen molar-refractivity contribution in [2.45, 2.75) is 12.8 Å². The molecule has 0 spiro atoms. The summed E-state index contributed by atoms with van der Waals surface area (Å²) in [7, 11) is 1.31. The predicted octanol–water partition coefficient (Wildman–Crippen LogP) is 3.22. The lowest BCUT2D eigenvalue weighted by Crippen LogP contribution is -2.20. The number of methoxy groups -OCH3 is 1. The van der Waals surface area contributed by atoms with E-state index in [4.69, 9.17) is 0 Å². The van der Waals surface area contributed by atoms with Crippen LogP contribution in [0.2, 0.25) is 0 Å². The number of esters is 1. The Balaban J connectivity index is 2.26. The summed E-state index contributed by atoms with van der Waals surface area (Å²) >= 11 is 0.